The van der Waals surface area contributed by atoms with E-state index in [1.165, 1.54) is 81.8 Å². The monoisotopic (exact) mass is 660 g/mol. The smallest absolute Gasteiger partial charge is 0.321 e. The van der Waals surface area contributed by atoms with Crippen molar-refractivity contribution in [1.82, 2.24) is 0 Å². The Morgan fingerprint density at radius 1 is 0.674 bits per heavy atom. The first kappa shape index (κ1) is 45.8. The highest BCUT2D eigenvalue weighted by Gasteiger charge is 2.24. The molecule has 0 saturated heterocycles. The van der Waals surface area contributed by atoms with Gasteiger partial charge in [-0.05, 0) is 27.2 Å². The lowest BCUT2D eigenvalue weighted by Crippen LogP contribution is -2.26. The Labute approximate surface area is 265 Å². The van der Waals surface area contributed by atoms with E-state index in [1.54, 1.807) is 13.8 Å². The molecular formula is C29H56O12S2. The van der Waals surface area contributed by atoms with Gasteiger partial charge in [0.25, 0.3) is 0 Å². The van der Waals surface area contributed by atoms with E-state index in [4.69, 9.17) is 40.1 Å². The Balaban J connectivity index is -0.000000767. The predicted octanol–water partition coefficient (Wildman–Crippen LogP) is 3.84. The van der Waals surface area contributed by atoms with Crippen molar-refractivity contribution in [2.24, 2.45) is 0 Å². The molecular weight excluding hydrogens is 604 g/mol. The number of rotatable bonds is 24. The quantitative estimate of drug-likeness (QED) is 0.0494. The van der Waals surface area contributed by atoms with Crippen molar-refractivity contribution < 1.29 is 59.3 Å². The van der Waals surface area contributed by atoms with E-state index in [1.807, 2.05) is 0 Å². The van der Waals surface area contributed by atoms with Gasteiger partial charge in [0.1, 0.15) is 16.6 Å². The Hall–Kier alpha value is -1.58. The van der Waals surface area contributed by atoms with Crippen LogP contribution >= 0.6 is 23.5 Å². The number of ether oxygens (including phenoxy) is 2. The van der Waals surface area contributed by atoms with Crippen LogP contribution < -0.4 is 0 Å². The molecule has 0 spiro atoms. The van der Waals surface area contributed by atoms with Crippen molar-refractivity contribution in [3.05, 3.63) is 0 Å². The van der Waals surface area contributed by atoms with Gasteiger partial charge < -0.3 is 40.1 Å². The third kappa shape index (κ3) is 38.4. The van der Waals surface area contributed by atoms with Crippen LogP contribution in [-0.4, -0.2) is 109 Å². The number of thioether (sulfide) groups is 2. The van der Waals surface area contributed by atoms with Gasteiger partial charge in [-0.15, -0.1) is 11.8 Å². The first-order valence-electron chi connectivity index (χ1n) is 14.9. The average molecular weight is 661 g/mol. The molecule has 0 fully saturated rings. The number of carboxylic acid groups (broad SMARTS) is 2. The lowest BCUT2D eigenvalue weighted by molar-refractivity contribution is -0.163. The van der Waals surface area contributed by atoms with Crippen LogP contribution in [0.3, 0.4) is 0 Å². The summed E-state index contributed by atoms with van der Waals surface area (Å²) in [6, 6.07) is 0. The van der Waals surface area contributed by atoms with E-state index in [9.17, 15) is 19.2 Å². The highest BCUT2D eigenvalue weighted by Crippen LogP contribution is 2.20. The summed E-state index contributed by atoms with van der Waals surface area (Å²) in [4.78, 5) is 43.5. The summed E-state index contributed by atoms with van der Waals surface area (Å²) in [7, 11) is 0. The van der Waals surface area contributed by atoms with Crippen LogP contribution in [0.1, 0.15) is 105 Å². The fourth-order valence-electron chi connectivity index (χ4n) is 3.04. The standard InChI is InChI=1S/C20H38O5S.C6H10O4S.C3H8O3/c1-5-6-7-8-9-10-11-12-13-14-15-24-19(22)16(2)26-17(3)20(23)25-18(4)21;7-5(8)1-3-11-4-2-6(9)10;4-1-3(6)2-5/h16-18,21H,5-15H2,1-4H3;1-4H2,(H,7,8)(H,9,10);3-6H,1-2H2. The Morgan fingerprint density at radius 3 is 1.47 bits per heavy atom. The minimum Gasteiger partial charge on any atom is -0.481 e. The molecule has 0 aliphatic carbocycles. The second kappa shape index (κ2) is 33.3. The zero-order chi connectivity index (χ0) is 33.5. The number of esters is 2. The maximum absolute atomic E-state index is 11.9. The zero-order valence-corrected chi connectivity index (χ0v) is 27.9. The third-order valence-electron chi connectivity index (χ3n) is 5.44. The fraction of sp³-hybridized carbons (Fsp3) is 0.862. The third-order valence-corrected chi connectivity index (χ3v) is 7.63. The minimum absolute atomic E-state index is 0.101. The van der Waals surface area contributed by atoms with Gasteiger partial charge in [-0.3, -0.25) is 19.2 Å². The topological polar surface area (TPSA) is 208 Å². The van der Waals surface area contributed by atoms with Crippen LogP contribution in [0.5, 0.6) is 0 Å². The number of hydrogen-bond donors (Lipinski definition) is 6. The molecule has 256 valence electrons. The molecule has 0 radical (unpaired) electrons. The van der Waals surface area contributed by atoms with Crippen molar-refractivity contribution in [1.29, 1.82) is 0 Å². The summed E-state index contributed by atoms with van der Waals surface area (Å²) in [5.41, 5.74) is 0. The van der Waals surface area contributed by atoms with E-state index in [0.717, 1.165) is 12.8 Å². The van der Waals surface area contributed by atoms with Gasteiger partial charge in [-0.25, -0.2) is 0 Å². The Morgan fingerprint density at radius 2 is 1.09 bits per heavy atom. The number of carboxylic acids is 2. The van der Waals surface area contributed by atoms with Gasteiger partial charge in [0.05, 0.1) is 32.7 Å². The maximum Gasteiger partial charge on any atom is 0.321 e. The van der Waals surface area contributed by atoms with Crippen LogP contribution in [0.4, 0.5) is 0 Å². The molecule has 0 aliphatic rings. The molecule has 0 rings (SSSR count). The van der Waals surface area contributed by atoms with E-state index < -0.39 is 40.8 Å². The van der Waals surface area contributed by atoms with Crippen LogP contribution in [0.25, 0.3) is 0 Å². The highest BCUT2D eigenvalue weighted by molar-refractivity contribution is 8.01. The summed E-state index contributed by atoms with van der Waals surface area (Å²) in [6.07, 6.45) is 10.5. The van der Waals surface area contributed by atoms with E-state index in [-0.39, 0.29) is 32.0 Å². The molecule has 0 saturated carbocycles. The first-order valence-corrected chi connectivity index (χ1v) is 17.0. The van der Waals surface area contributed by atoms with Crippen molar-refractivity contribution in [2.75, 3.05) is 31.3 Å². The van der Waals surface area contributed by atoms with E-state index in [0.29, 0.717) is 18.1 Å². The average Bonchev–Trinajstić information content (AvgIpc) is 2.95. The summed E-state index contributed by atoms with van der Waals surface area (Å²) in [5, 5.41) is 48.5. The van der Waals surface area contributed by atoms with Crippen LogP contribution in [0.2, 0.25) is 0 Å². The second-order valence-corrected chi connectivity index (χ2v) is 12.6. The molecule has 0 bridgehead atoms. The number of hydrogen-bond acceptors (Lipinski definition) is 12. The van der Waals surface area contributed by atoms with Crippen LogP contribution in [-0.2, 0) is 28.7 Å². The Bertz CT molecular complexity index is 674. The van der Waals surface area contributed by atoms with Gasteiger partial charge in [-0.1, -0.05) is 64.7 Å². The number of aliphatic hydroxyl groups is 4. The van der Waals surface area contributed by atoms with E-state index in [2.05, 4.69) is 6.92 Å². The number of unbranched alkanes of at least 4 members (excludes halogenated alkanes) is 9. The molecule has 0 aromatic carbocycles. The molecule has 12 nitrogen and oxygen atoms in total. The first-order chi connectivity index (χ1) is 20.3. The van der Waals surface area contributed by atoms with Gasteiger partial charge >= 0.3 is 23.9 Å². The van der Waals surface area contributed by atoms with Crippen LogP contribution in [0.15, 0.2) is 0 Å². The molecule has 0 amide bonds. The molecule has 0 aliphatic heterocycles. The molecule has 3 atom stereocenters. The van der Waals surface area contributed by atoms with Gasteiger partial charge in [0.15, 0.2) is 6.29 Å². The van der Waals surface area contributed by atoms with E-state index >= 15 is 0 Å². The fourth-order valence-corrected chi connectivity index (χ4v) is 4.84. The molecule has 6 N–H and O–H groups in total. The molecule has 3 unspecified atom stereocenters. The normalized spacial score (nSPS) is 12.6. The van der Waals surface area contributed by atoms with Gasteiger partial charge in [0.2, 0.25) is 0 Å². The molecule has 14 heteroatoms. The van der Waals surface area contributed by atoms with Crippen LogP contribution in [0, 0.1) is 0 Å². The molecule has 0 aromatic heterocycles. The van der Waals surface area contributed by atoms with Crippen molar-refractivity contribution in [3.63, 3.8) is 0 Å². The second-order valence-electron chi connectivity index (χ2n) is 9.73. The predicted molar refractivity (Wildman–Crippen MR) is 169 cm³/mol. The summed E-state index contributed by atoms with van der Waals surface area (Å²) in [6.45, 7) is 6.69. The highest BCUT2D eigenvalue weighted by atomic mass is 32.2. The van der Waals surface area contributed by atoms with Crippen molar-refractivity contribution in [3.8, 4) is 0 Å². The van der Waals surface area contributed by atoms with Crippen molar-refractivity contribution in [2.45, 2.75) is 128 Å². The number of aliphatic carboxylic acids is 2. The summed E-state index contributed by atoms with van der Waals surface area (Å²) < 4.78 is 9.99. The largest absolute Gasteiger partial charge is 0.481 e. The lowest BCUT2D eigenvalue weighted by Gasteiger charge is -2.16. The Kier molecular flexibility index (Phi) is 35.5. The van der Waals surface area contributed by atoms with Gasteiger partial charge in [-0.2, -0.15) is 11.8 Å². The minimum atomic E-state index is -1.14. The zero-order valence-electron chi connectivity index (χ0n) is 26.3. The number of carbonyl (C=O) groups is 4. The van der Waals surface area contributed by atoms with Gasteiger partial charge in [0, 0.05) is 11.5 Å². The SMILES string of the molecule is CCCCCCCCCCCCOC(=O)C(C)SC(C)C(=O)OC(C)O.O=C(O)CCSCCC(=O)O.OCC(O)CO. The van der Waals surface area contributed by atoms with Crippen molar-refractivity contribution >= 4 is 47.4 Å². The molecule has 0 heterocycles. The molecule has 43 heavy (non-hydrogen) atoms. The summed E-state index contributed by atoms with van der Waals surface area (Å²) >= 11 is 2.53. The number of carbonyl (C=O) groups excluding carboxylic acids is 2. The summed E-state index contributed by atoms with van der Waals surface area (Å²) in [5.74, 6) is -1.53. The molecule has 0 aromatic rings. The maximum atomic E-state index is 11.9. The number of aliphatic hydroxyl groups excluding tert-OH is 4. The lowest BCUT2D eigenvalue weighted by atomic mass is 10.1.